The third-order valence-corrected chi connectivity index (χ3v) is 7.57. The quantitative estimate of drug-likeness (QED) is 0.237. The first-order chi connectivity index (χ1) is 19.9. The van der Waals surface area contributed by atoms with Crippen LogP contribution >= 0.6 is 0 Å². The monoisotopic (exact) mass is 547 g/mol. The second kappa shape index (κ2) is 12.8. The molecule has 6 nitrogen and oxygen atoms in total. The Kier molecular flexibility index (Phi) is 8.78. The Morgan fingerprint density at radius 3 is 2.17 bits per heavy atom. The van der Waals surface area contributed by atoms with Gasteiger partial charge >= 0.3 is 0 Å². The Hall–Kier alpha value is -4.45. The van der Waals surface area contributed by atoms with E-state index in [1.807, 2.05) is 97.1 Å². The lowest BCUT2D eigenvalue weighted by Crippen LogP contribution is -2.51. The molecule has 1 heterocycles. The molecule has 0 saturated heterocycles. The maximum atomic E-state index is 13.9. The minimum Gasteiger partial charge on any atom is -0.354 e. The zero-order valence-electron chi connectivity index (χ0n) is 23.8. The number of rotatable bonds is 12. The molecule has 4 aromatic carbocycles. The summed E-state index contributed by atoms with van der Waals surface area (Å²) >= 11 is 0. The third kappa shape index (κ3) is 6.49. The van der Waals surface area contributed by atoms with Crippen molar-refractivity contribution in [1.29, 1.82) is 0 Å². The molecule has 1 atom stereocenters. The summed E-state index contributed by atoms with van der Waals surface area (Å²) in [5, 5.41) is 5.08. The van der Waals surface area contributed by atoms with Crippen molar-refractivity contribution in [1.82, 2.24) is 10.2 Å². The van der Waals surface area contributed by atoms with E-state index in [2.05, 4.69) is 19.2 Å². The highest BCUT2D eigenvalue weighted by Gasteiger charge is 2.32. The van der Waals surface area contributed by atoms with E-state index in [1.54, 1.807) is 9.80 Å². The molecule has 0 unspecified atom stereocenters. The van der Waals surface area contributed by atoms with Gasteiger partial charge in [-0.15, -0.1) is 0 Å². The molecule has 0 bridgehead atoms. The van der Waals surface area contributed by atoms with Crippen molar-refractivity contribution in [3.05, 3.63) is 114 Å². The number of benzene rings is 4. The van der Waals surface area contributed by atoms with Crippen molar-refractivity contribution in [2.24, 2.45) is 5.92 Å². The van der Waals surface area contributed by atoms with Gasteiger partial charge < -0.3 is 15.1 Å². The molecule has 210 valence electrons. The Morgan fingerprint density at radius 1 is 0.829 bits per heavy atom. The fourth-order valence-electron chi connectivity index (χ4n) is 5.49. The van der Waals surface area contributed by atoms with Crippen LogP contribution in [0.5, 0.6) is 0 Å². The van der Waals surface area contributed by atoms with E-state index < -0.39 is 6.04 Å². The highest BCUT2D eigenvalue weighted by molar-refractivity contribution is 6.25. The Bertz CT molecular complexity index is 1510. The van der Waals surface area contributed by atoms with Crippen LogP contribution in [0.4, 0.5) is 5.69 Å². The molecule has 5 rings (SSSR count). The van der Waals surface area contributed by atoms with Crippen molar-refractivity contribution in [2.75, 3.05) is 18.0 Å². The summed E-state index contributed by atoms with van der Waals surface area (Å²) in [4.78, 5) is 44.3. The molecule has 1 aliphatic rings. The number of hydrogen-bond donors (Lipinski definition) is 1. The van der Waals surface area contributed by atoms with E-state index in [1.165, 1.54) is 0 Å². The molecule has 0 radical (unpaired) electrons. The molecule has 0 aliphatic carbocycles. The number of carbonyl (C=O) groups is 3. The van der Waals surface area contributed by atoms with Crippen LogP contribution in [0.3, 0.4) is 0 Å². The number of anilines is 1. The van der Waals surface area contributed by atoms with Gasteiger partial charge in [0.25, 0.3) is 5.91 Å². The Balaban J connectivity index is 1.35. The first kappa shape index (κ1) is 28.1. The van der Waals surface area contributed by atoms with Crippen molar-refractivity contribution < 1.29 is 14.4 Å². The van der Waals surface area contributed by atoms with Crippen LogP contribution in [0.15, 0.2) is 97.1 Å². The lowest BCUT2D eigenvalue weighted by Gasteiger charge is -2.32. The summed E-state index contributed by atoms with van der Waals surface area (Å²) in [5.74, 6) is 0.0158. The average molecular weight is 548 g/mol. The van der Waals surface area contributed by atoms with E-state index in [0.717, 1.165) is 27.6 Å². The largest absolute Gasteiger partial charge is 0.354 e. The second-order valence-electron chi connectivity index (χ2n) is 11.1. The van der Waals surface area contributed by atoms with Crippen molar-refractivity contribution in [2.45, 2.75) is 45.7 Å². The minimum atomic E-state index is -0.657. The van der Waals surface area contributed by atoms with E-state index in [4.69, 9.17) is 0 Å². The maximum absolute atomic E-state index is 13.9. The Morgan fingerprint density at radius 2 is 1.49 bits per heavy atom. The van der Waals surface area contributed by atoms with E-state index >= 15 is 0 Å². The molecule has 1 aliphatic heterocycles. The van der Waals surface area contributed by atoms with E-state index in [0.29, 0.717) is 44.0 Å². The molecular formula is C35H37N3O3. The molecule has 0 aromatic heterocycles. The summed E-state index contributed by atoms with van der Waals surface area (Å²) in [6, 6.07) is 30.7. The molecule has 41 heavy (non-hydrogen) atoms. The third-order valence-electron chi connectivity index (χ3n) is 7.57. The summed E-state index contributed by atoms with van der Waals surface area (Å²) in [6.45, 7) is 5.41. The van der Waals surface area contributed by atoms with Crippen molar-refractivity contribution in [3.8, 4) is 0 Å². The van der Waals surface area contributed by atoms with Gasteiger partial charge in [0.2, 0.25) is 11.8 Å². The van der Waals surface area contributed by atoms with Gasteiger partial charge in [-0.2, -0.15) is 0 Å². The normalized spacial score (nSPS) is 13.0. The van der Waals surface area contributed by atoms with Crippen LogP contribution in [0.25, 0.3) is 10.8 Å². The van der Waals surface area contributed by atoms with Gasteiger partial charge in [-0.05, 0) is 41.0 Å². The number of carbonyl (C=O) groups excluding carboxylic acids is 3. The van der Waals surface area contributed by atoms with E-state index in [9.17, 15) is 14.4 Å². The standard InChI is InChI=1S/C35H37N3O3/c1-25(2)23-36-34(40)31(22-26-12-5-3-6-13-26)38(24-27-14-7-4-8-15-27)32(39)20-11-21-37-30-19-10-17-28-16-9-18-29(33(28)30)35(37)41/h3-10,12-19,25,31H,11,20-24H2,1-2H3,(H,36,40)/t31-/m0/s1. The van der Waals surface area contributed by atoms with Crippen LogP contribution in [0, 0.1) is 5.92 Å². The minimum absolute atomic E-state index is 0.0274. The van der Waals surface area contributed by atoms with Crippen molar-refractivity contribution in [3.63, 3.8) is 0 Å². The second-order valence-corrected chi connectivity index (χ2v) is 11.1. The predicted molar refractivity (Wildman–Crippen MR) is 164 cm³/mol. The molecule has 3 amide bonds. The fourth-order valence-corrected chi connectivity index (χ4v) is 5.49. The zero-order chi connectivity index (χ0) is 28.8. The van der Waals surface area contributed by atoms with Crippen LogP contribution in [0.1, 0.15) is 48.2 Å². The van der Waals surface area contributed by atoms with Gasteiger partial charge in [-0.25, -0.2) is 0 Å². The first-order valence-electron chi connectivity index (χ1n) is 14.4. The van der Waals surface area contributed by atoms with Crippen molar-refractivity contribution >= 4 is 34.2 Å². The average Bonchev–Trinajstić information content (AvgIpc) is 3.26. The smallest absolute Gasteiger partial charge is 0.258 e. The van der Waals surface area contributed by atoms with E-state index in [-0.39, 0.29) is 24.1 Å². The van der Waals surface area contributed by atoms with Gasteiger partial charge in [-0.3, -0.25) is 14.4 Å². The van der Waals surface area contributed by atoms with Gasteiger partial charge in [0.1, 0.15) is 6.04 Å². The molecule has 4 aromatic rings. The maximum Gasteiger partial charge on any atom is 0.258 e. The summed E-state index contributed by atoms with van der Waals surface area (Å²) in [5.41, 5.74) is 3.57. The number of nitrogens with zero attached hydrogens (tertiary/aromatic N) is 2. The number of nitrogens with one attached hydrogen (secondary N) is 1. The summed E-state index contributed by atoms with van der Waals surface area (Å²) in [7, 11) is 0. The molecule has 1 N–H and O–H groups in total. The van der Waals surface area contributed by atoms with Crippen LogP contribution < -0.4 is 10.2 Å². The topological polar surface area (TPSA) is 69.7 Å². The highest BCUT2D eigenvalue weighted by atomic mass is 16.2. The molecule has 6 heteroatoms. The molecule has 0 fully saturated rings. The summed E-state index contributed by atoms with van der Waals surface area (Å²) < 4.78 is 0. The zero-order valence-corrected chi connectivity index (χ0v) is 23.8. The van der Waals surface area contributed by atoms with Crippen LogP contribution in [-0.4, -0.2) is 41.8 Å². The van der Waals surface area contributed by atoms with Gasteiger partial charge in [0.05, 0.1) is 5.69 Å². The SMILES string of the molecule is CC(C)CNC(=O)[C@H](Cc1ccccc1)N(Cc1ccccc1)C(=O)CCCN1C(=O)c2cccc3cccc1c23. The van der Waals surface area contributed by atoms with Crippen LogP contribution in [-0.2, 0) is 22.6 Å². The number of hydrogen-bond acceptors (Lipinski definition) is 3. The highest BCUT2D eigenvalue weighted by Crippen LogP contribution is 2.37. The first-order valence-corrected chi connectivity index (χ1v) is 14.4. The lowest BCUT2D eigenvalue weighted by atomic mass is 10.0. The lowest BCUT2D eigenvalue weighted by molar-refractivity contribution is -0.141. The Labute approximate surface area is 242 Å². The fraction of sp³-hybridized carbons (Fsp3) is 0.286. The number of amides is 3. The van der Waals surface area contributed by atoms with Gasteiger partial charge in [0, 0.05) is 43.4 Å². The van der Waals surface area contributed by atoms with Gasteiger partial charge in [-0.1, -0.05) is 98.8 Å². The predicted octanol–water partition coefficient (Wildman–Crippen LogP) is 5.99. The van der Waals surface area contributed by atoms with Gasteiger partial charge in [0.15, 0.2) is 0 Å². The molecule has 0 spiro atoms. The summed E-state index contributed by atoms with van der Waals surface area (Å²) in [6.07, 6.45) is 1.14. The van der Waals surface area contributed by atoms with Crippen LogP contribution in [0.2, 0.25) is 0 Å². The molecular weight excluding hydrogens is 510 g/mol. The molecule has 0 saturated carbocycles.